The molecule has 3 aromatic heterocycles. The Morgan fingerprint density at radius 1 is 1.17 bits per heavy atom. The highest BCUT2D eigenvalue weighted by molar-refractivity contribution is 6.30. The van der Waals surface area contributed by atoms with E-state index in [-0.39, 0.29) is 22.7 Å². The van der Waals surface area contributed by atoms with Gasteiger partial charge in [-0.15, -0.1) is 5.10 Å². The zero-order chi connectivity index (χ0) is 25.0. The largest absolute Gasteiger partial charge is 0.377 e. The van der Waals surface area contributed by atoms with Crippen molar-refractivity contribution < 1.29 is 13.9 Å². The number of hydrogen-bond donors (Lipinski definition) is 0. The molecule has 1 atom stereocenters. The van der Waals surface area contributed by atoms with Crippen molar-refractivity contribution in [3.8, 4) is 11.1 Å². The molecule has 4 aromatic rings. The molecule has 0 unspecified atom stereocenters. The Balaban J connectivity index is 1.43. The molecule has 1 aromatic carbocycles. The van der Waals surface area contributed by atoms with Crippen molar-refractivity contribution in [2.45, 2.75) is 26.0 Å². The monoisotopic (exact) mass is 510 g/mol. The first kappa shape index (κ1) is 23.1. The van der Waals surface area contributed by atoms with Gasteiger partial charge in [-0.05, 0) is 38.1 Å². The zero-order valence-corrected chi connectivity index (χ0v) is 20.6. The molecule has 186 valence electrons. The number of anilines is 1. The van der Waals surface area contributed by atoms with Gasteiger partial charge in [-0.3, -0.25) is 9.48 Å². The van der Waals surface area contributed by atoms with Crippen LogP contribution in [0.25, 0.3) is 16.8 Å². The molecule has 5 heterocycles. The molecule has 0 radical (unpaired) electrons. The van der Waals surface area contributed by atoms with Crippen LogP contribution in [0.5, 0.6) is 0 Å². The van der Waals surface area contributed by atoms with Crippen LogP contribution in [0.1, 0.15) is 29.0 Å². The van der Waals surface area contributed by atoms with Gasteiger partial charge in [0, 0.05) is 45.7 Å². The van der Waals surface area contributed by atoms with Crippen molar-refractivity contribution in [1.29, 1.82) is 0 Å². The topological polar surface area (TPSA) is 86.8 Å². The van der Waals surface area contributed by atoms with E-state index in [1.807, 2.05) is 22.0 Å². The second kappa shape index (κ2) is 8.95. The Hall–Kier alpha value is -3.34. The first-order valence-electron chi connectivity index (χ1n) is 11.7. The van der Waals surface area contributed by atoms with Crippen LogP contribution in [0.15, 0.2) is 41.5 Å². The summed E-state index contributed by atoms with van der Waals surface area (Å²) in [6.07, 6.45) is 3.58. The lowest BCUT2D eigenvalue weighted by Crippen LogP contribution is -2.39. The Morgan fingerprint density at radius 2 is 2.00 bits per heavy atom. The summed E-state index contributed by atoms with van der Waals surface area (Å²) in [6.45, 7) is 6.32. The van der Waals surface area contributed by atoms with Crippen molar-refractivity contribution in [2.24, 2.45) is 0 Å². The van der Waals surface area contributed by atoms with Crippen molar-refractivity contribution in [2.75, 3.05) is 37.8 Å². The summed E-state index contributed by atoms with van der Waals surface area (Å²) < 4.78 is 29.5. The number of ether oxygens (including phenoxy) is 2. The lowest BCUT2D eigenvalue weighted by Gasteiger charge is -2.33. The minimum atomic E-state index is -0.499. The van der Waals surface area contributed by atoms with Gasteiger partial charge in [0.15, 0.2) is 11.5 Å². The predicted molar refractivity (Wildman–Crippen MR) is 132 cm³/mol. The third-order valence-electron chi connectivity index (χ3n) is 6.85. The van der Waals surface area contributed by atoms with Gasteiger partial charge < -0.3 is 14.4 Å². The van der Waals surface area contributed by atoms with Gasteiger partial charge in [-0.2, -0.15) is 9.61 Å². The third kappa shape index (κ3) is 3.95. The normalized spacial score (nSPS) is 18.6. The van der Waals surface area contributed by atoms with Crippen LogP contribution in [0.3, 0.4) is 0 Å². The van der Waals surface area contributed by atoms with E-state index in [4.69, 9.17) is 21.1 Å². The van der Waals surface area contributed by atoms with Gasteiger partial charge in [0.1, 0.15) is 11.9 Å². The molecule has 0 spiro atoms. The van der Waals surface area contributed by atoms with Crippen molar-refractivity contribution in [1.82, 2.24) is 24.4 Å². The molecule has 6 rings (SSSR count). The SMILES string of the molecule is Cc1nc2c(-c3ccc(Cl)cc3F)cc(N3CCO[C@@H](c4cnn(C5COC5)c4)C3)nn2c(=O)c1C. The smallest absolute Gasteiger partial charge is 0.277 e. The Kier molecular flexibility index (Phi) is 5.74. The quantitative estimate of drug-likeness (QED) is 0.415. The summed E-state index contributed by atoms with van der Waals surface area (Å²) in [7, 11) is 0. The highest BCUT2D eigenvalue weighted by atomic mass is 35.5. The number of nitrogens with zero attached hydrogens (tertiary/aromatic N) is 6. The molecule has 2 aliphatic heterocycles. The molecule has 2 fully saturated rings. The lowest BCUT2D eigenvalue weighted by atomic mass is 10.1. The van der Waals surface area contributed by atoms with E-state index in [0.717, 1.165) is 5.56 Å². The summed E-state index contributed by atoms with van der Waals surface area (Å²) in [5.74, 6) is 0.0355. The second-order valence-corrected chi connectivity index (χ2v) is 9.59. The maximum Gasteiger partial charge on any atom is 0.277 e. The van der Waals surface area contributed by atoms with Gasteiger partial charge >= 0.3 is 0 Å². The molecule has 0 aliphatic carbocycles. The van der Waals surface area contributed by atoms with Gasteiger partial charge in [-0.1, -0.05) is 11.6 Å². The zero-order valence-electron chi connectivity index (χ0n) is 19.8. The van der Waals surface area contributed by atoms with Crippen LogP contribution in [0.4, 0.5) is 10.2 Å². The Morgan fingerprint density at radius 3 is 2.75 bits per heavy atom. The van der Waals surface area contributed by atoms with Crippen LogP contribution < -0.4 is 10.5 Å². The molecule has 0 saturated carbocycles. The van der Waals surface area contributed by atoms with Gasteiger partial charge in [0.2, 0.25) is 0 Å². The number of fused-ring (bicyclic) bond motifs is 1. The molecule has 11 heteroatoms. The van der Waals surface area contributed by atoms with E-state index >= 15 is 4.39 Å². The first-order chi connectivity index (χ1) is 17.4. The number of aromatic nitrogens is 5. The fraction of sp³-hybridized carbons (Fsp3) is 0.360. The predicted octanol–water partition coefficient (Wildman–Crippen LogP) is 3.51. The standard InChI is InChI=1S/C25H24ClFN6O3/c1-14-15(2)29-24-20(19-4-3-17(26)7-21(19)27)8-23(30-33(24)25(14)34)31-5-6-36-22(11-31)16-9-28-32(10-16)18-12-35-13-18/h3-4,7-10,18,22H,5-6,11-13H2,1-2H3/t22-/m1/s1. The number of benzene rings is 1. The summed E-state index contributed by atoms with van der Waals surface area (Å²) in [5.41, 5.74) is 2.80. The Bertz CT molecular complexity index is 1530. The number of halogens is 2. The number of hydrogen-bond acceptors (Lipinski definition) is 7. The van der Waals surface area contributed by atoms with E-state index < -0.39 is 5.82 Å². The number of morpholine rings is 1. The summed E-state index contributed by atoms with van der Waals surface area (Å²) in [6, 6.07) is 6.50. The van der Waals surface area contributed by atoms with Crippen LogP contribution in [0.2, 0.25) is 5.02 Å². The fourth-order valence-corrected chi connectivity index (χ4v) is 4.67. The molecule has 2 saturated heterocycles. The van der Waals surface area contributed by atoms with E-state index in [9.17, 15) is 4.79 Å². The first-order valence-corrected chi connectivity index (χ1v) is 12.1. The van der Waals surface area contributed by atoms with E-state index in [1.165, 1.54) is 10.6 Å². The van der Waals surface area contributed by atoms with Crippen molar-refractivity contribution >= 4 is 23.1 Å². The Labute approximate surface area is 211 Å². The van der Waals surface area contributed by atoms with Crippen molar-refractivity contribution in [3.63, 3.8) is 0 Å². The highest BCUT2D eigenvalue weighted by Crippen LogP contribution is 2.32. The molecular formula is C25H24ClFN6O3. The van der Waals surface area contributed by atoms with Crippen LogP contribution in [-0.4, -0.2) is 57.3 Å². The third-order valence-corrected chi connectivity index (χ3v) is 7.08. The second-order valence-electron chi connectivity index (χ2n) is 9.15. The maximum absolute atomic E-state index is 15.0. The van der Waals surface area contributed by atoms with Crippen LogP contribution >= 0.6 is 11.6 Å². The molecule has 9 nitrogen and oxygen atoms in total. The minimum Gasteiger partial charge on any atom is -0.377 e. The fourth-order valence-electron chi connectivity index (χ4n) is 4.51. The maximum atomic E-state index is 15.0. The van der Waals surface area contributed by atoms with E-state index in [0.29, 0.717) is 66.8 Å². The lowest BCUT2D eigenvalue weighted by molar-refractivity contribution is -0.0288. The molecule has 0 amide bonds. The molecular weight excluding hydrogens is 487 g/mol. The van der Waals surface area contributed by atoms with Gasteiger partial charge in [0.25, 0.3) is 5.56 Å². The van der Waals surface area contributed by atoms with Gasteiger partial charge in [-0.25, -0.2) is 9.37 Å². The van der Waals surface area contributed by atoms with Crippen molar-refractivity contribution in [3.05, 3.63) is 74.7 Å². The van der Waals surface area contributed by atoms with Crippen LogP contribution in [-0.2, 0) is 9.47 Å². The van der Waals surface area contributed by atoms with Gasteiger partial charge in [0.05, 0.1) is 38.6 Å². The molecule has 36 heavy (non-hydrogen) atoms. The van der Waals surface area contributed by atoms with Crippen LogP contribution in [0, 0.1) is 19.7 Å². The summed E-state index contributed by atoms with van der Waals surface area (Å²) >= 11 is 6.00. The molecule has 0 N–H and O–H groups in total. The molecule has 2 aliphatic rings. The highest BCUT2D eigenvalue weighted by Gasteiger charge is 2.28. The average Bonchev–Trinajstić information content (AvgIpc) is 3.31. The van der Waals surface area contributed by atoms with E-state index in [1.54, 1.807) is 32.0 Å². The number of aryl methyl sites for hydroxylation is 1. The number of rotatable bonds is 4. The molecule has 0 bridgehead atoms. The van der Waals surface area contributed by atoms with E-state index in [2.05, 4.69) is 15.2 Å². The summed E-state index contributed by atoms with van der Waals surface area (Å²) in [5, 5.41) is 9.40. The minimum absolute atomic E-state index is 0.226. The summed E-state index contributed by atoms with van der Waals surface area (Å²) in [4.78, 5) is 19.8. The average molecular weight is 511 g/mol.